The largest absolute Gasteiger partial charge is 0.355 e. The summed E-state index contributed by atoms with van der Waals surface area (Å²) >= 11 is 1.70. The SMILES string of the molecule is CCN1CCCC1CNC(=NCc1nnc(C)n1C)NCc1nc(C(C)C)cs1. The van der Waals surface area contributed by atoms with Crippen LogP contribution < -0.4 is 10.6 Å². The quantitative estimate of drug-likeness (QED) is 0.506. The molecular weight excluding hydrogens is 384 g/mol. The minimum Gasteiger partial charge on any atom is -0.355 e. The number of aliphatic imine (C=N–C) groups is 1. The summed E-state index contributed by atoms with van der Waals surface area (Å²) in [6.07, 6.45) is 2.51. The molecule has 1 aliphatic rings. The number of hydrogen-bond donors (Lipinski definition) is 2. The Labute approximate surface area is 177 Å². The van der Waals surface area contributed by atoms with Crippen LogP contribution in [0.5, 0.6) is 0 Å². The van der Waals surface area contributed by atoms with Crippen molar-refractivity contribution in [2.24, 2.45) is 12.0 Å². The molecule has 2 N–H and O–H groups in total. The third-order valence-electron chi connectivity index (χ3n) is 5.54. The number of guanidine groups is 1. The van der Waals surface area contributed by atoms with Crippen LogP contribution in [0.15, 0.2) is 10.4 Å². The fourth-order valence-electron chi connectivity index (χ4n) is 3.50. The second-order valence-electron chi connectivity index (χ2n) is 7.87. The van der Waals surface area contributed by atoms with Gasteiger partial charge in [0, 0.05) is 25.0 Å². The zero-order valence-electron chi connectivity index (χ0n) is 18.3. The first kappa shape index (κ1) is 21.7. The van der Waals surface area contributed by atoms with Crippen LogP contribution in [0.1, 0.15) is 61.9 Å². The van der Waals surface area contributed by atoms with Crippen LogP contribution in [0, 0.1) is 6.92 Å². The van der Waals surface area contributed by atoms with E-state index in [9.17, 15) is 0 Å². The molecule has 1 fully saturated rings. The van der Waals surface area contributed by atoms with Crippen LogP contribution in [-0.2, 0) is 20.1 Å². The fraction of sp³-hybridized carbons (Fsp3) is 0.700. The van der Waals surface area contributed by atoms with Crippen molar-refractivity contribution >= 4 is 17.3 Å². The summed E-state index contributed by atoms with van der Waals surface area (Å²) in [7, 11) is 1.97. The minimum absolute atomic E-state index is 0.452. The van der Waals surface area contributed by atoms with Crippen molar-refractivity contribution in [3.8, 4) is 0 Å². The van der Waals surface area contributed by atoms with Gasteiger partial charge in [0.1, 0.15) is 17.4 Å². The zero-order chi connectivity index (χ0) is 20.8. The fourth-order valence-corrected chi connectivity index (χ4v) is 4.40. The molecule has 3 rings (SSSR count). The highest BCUT2D eigenvalue weighted by Gasteiger charge is 2.22. The van der Waals surface area contributed by atoms with Crippen molar-refractivity contribution in [3.05, 3.63) is 27.7 Å². The van der Waals surface area contributed by atoms with Gasteiger partial charge in [0.25, 0.3) is 0 Å². The molecule has 9 heteroatoms. The molecule has 3 heterocycles. The lowest BCUT2D eigenvalue weighted by Gasteiger charge is -2.24. The molecule has 0 bridgehead atoms. The molecule has 1 saturated heterocycles. The van der Waals surface area contributed by atoms with Gasteiger partial charge in [-0.05, 0) is 38.8 Å². The number of likely N-dealkylation sites (N-methyl/N-ethyl adjacent to an activating group) is 1. The van der Waals surface area contributed by atoms with Crippen molar-refractivity contribution in [2.75, 3.05) is 19.6 Å². The van der Waals surface area contributed by atoms with Crippen LogP contribution in [0.2, 0.25) is 0 Å². The Morgan fingerprint density at radius 1 is 1.34 bits per heavy atom. The summed E-state index contributed by atoms with van der Waals surface area (Å²) in [6.45, 7) is 12.9. The van der Waals surface area contributed by atoms with E-state index in [4.69, 9.17) is 9.98 Å². The minimum atomic E-state index is 0.452. The molecule has 1 atom stereocenters. The summed E-state index contributed by atoms with van der Waals surface area (Å²) < 4.78 is 1.98. The molecule has 0 amide bonds. The molecule has 0 aromatic carbocycles. The van der Waals surface area contributed by atoms with E-state index in [2.05, 4.69) is 51.9 Å². The first-order chi connectivity index (χ1) is 14.0. The lowest BCUT2D eigenvalue weighted by atomic mass is 10.2. The van der Waals surface area contributed by atoms with Gasteiger partial charge in [0.15, 0.2) is 11.8 Å². The predicted molar refractivity (Wildman–Crippen MR) is 118 cm³/mol. The average molecular weight is 419 g/mol. The topological polar surface area (TPSA) is 83.3 Å². The number of aryl methyl sites for hydroxylation is 1. The van der Waals surface area contributed by atoms with Gasteiger partial charge in [0.05, 0.1) is 12.2 Å². The Hall–Kier alpha value is -2.00. The lowest BCUT2D eigenvalue weighted by molar-refractivity contribution is 0.267. The molecule has 1 unspecified atom stereocenters. The summed E-state index contributed by atoms with van der Waals surface area (Å²) in [5.41, 5.74) is 1.15. The number of rotatable bonds is 8. The number of nitrogens with zero attached hydrogens (tertiary/aromatic N) is 6. The molecule has 0 spiro atoms. The molecule has 8 nitrogen and oxygen atoms in total. The van der Waals surface area contributed by atoms with Crippen LogP contribution in [0.3, 0.4) is 0 Å². The normalized spacial score (nSPS) is 18.0. The van der Waals surface area contributed by atoms with Crippen molar-refractivity contribution in [1.29, 1.82) is 0 Å². The van der Waals surface area contributed by atoms with Gasteiger partial charge in [-0.1, -0.05) is 20.8 Å². The number of thiazole rings is 1. The van der Waals surface area contributed by atoms with Gasteiger partial charge in [-0.15, -0.1) is 21.5 Å². The van der Waals surface area contributed by atoms with E-state index in [0.29, 0.717) is 25.0 Å². The lowest BCUT2D eigenvalue weighted by Crippen LogP contribution is -2.44. The predicted octanol–water partition coefficient (Wildman–Crippen LogP) is 2.42. The van der Waals surface area contributed by atoms with E-state index in [-0.39, 0.29) is 0 Å². The van der Waals surface area contributed by atoms with Crippen molar-refractivity contribution in [3.63, 3.8) is 0 Å². The Morgan fingerprint density at radius 3 is 2.83 bits per heavy atom. The molecule has 2 aromatic rings. The number of likely N-dealkylation sites (tertiary alicyclic amines) is 1. The van der Waals surface area contributed by atoms with Gasteiger partial charge >= 0.3 is 0 Å². The van der Waals surface area contributed by atoms with Crippen molar-refractivity contribution in [1.82, 2.24) is 35.3 Å². The molecule has 29 heavy (non-hydrogen) atoms. The third kappa shape index (κ3) is 5.76. The highest BCUT2D eigenvalue weighted by Crippen LogP contribution is 2.18. The molecule has 2 aromatic heterocycles. The third-order valence-corrected chi connectivity index (χ3v) is 6.41. The standard InChI is InChI=1S/C20H34N8S/c1-6-28-9-7-8-16(28)10-21-20(22-11-18-26-25-15(4)27(18)5)23-12-19-24-17(13-29-19)14(2)3/h13-14,16H,6-12H2,1-5H3,(H2,21,22,23). The average Bonchev–Trinajstić information content (AvgIpc) is 3.43. The summed E-state index contributed by atoms with van der Waals surface area (Å²) in [5, 5.41) is 18.6. The first-order valence-electron chi connectivity index (χ1n) is 10.5. The highest BCUT2D eigenvalue weighted by molar-refractivity contribution is 7.09. The maximum atomic E-state index is 4.77. The molecule has 0 radical (unpaired) electrons. The van der Waals surface area contributed by atoms with Gasteiger partial charge in [0.2, 0.25) is 0 Å². The maximum absolute atomic E-state index is 4.77. The second-order valence-corrected chi connectivity index (χ2v) is 8.81. The van der Waals surface area contributed by atoms with E-state index in [1.54, 1.807) is 11.3 Å². The van der Waals surface area contributed by atoms with Gasteiger partial charge in [-0.25, -0.2) is 9.98 Å². The van der Waals surface area contributed by atoms with Gasteiger partial charge < -0.3 is 15.2 Å². The van der Waals surface area contributed by atoms with Crippen molar-refractivity contribution in [2.45, 2.75) is 65.6 Å². The van der Waals surface area contributed by atoms with E-state index >= 15 is 0 Å². The van der Waals surface area contributed by atoms with Crippen LogP contribution >= 0.6 is 11.3 Å². The number of hydrogen-bond acceptors (Lipinski definition) is 6. The van der Waals surface area contributed by atoms with E-state index in [1.807, 2.05) is 18.5 Å². The Morgan fingerprint density at radius 2 is 2.17 bits per heavy atom. The van der Waals surface area contributed by atoms with E-state index < -0.39 is 0 Å². The van der Waals surface area contributed by atoms with Gasteiger partial charge in [-0.3, -0.25) is 4.90 Å². The zero-order valence-corrected chi connectivity index (χ0v) is 19.1. The summed E-state index contributed by atoms with van der Waals surface area (Å²) in [5.74, 6) is 3.00. The molecule has 1 aliphatic heterocycles. The molecule has 160 valence electrons. The molecular formula is C20H34N8S. The highest BCUT2D eigenvalue weighted by atomic mass is 32.1. The van der Waals surface area contributed by atoms with Crippen molar-refractivity contribution < 1.29 is 0 Å². The number of aromatic nitrogens is 4. The van der Waals surface area contributed by atoms with E-state index in [1.165, 1.54) is 19.4 Å². The van der Waals surface area contributed by atoms with Crippen LogP contribution in [-0.4, -0.2) is 56.3 Å². The molecule has 0 aliphatic carbocycles. The second kappa shape index (κ2) is 10.2. The maximum Gasteiger partial charge on any atom is 0.192 e. The first-order valence-corrected chi connectivity index (χ1v) is 11.4. The van der Waals surface area contributed by atoms with Gasteiger partial charge in [-0.2, -0.15) is 0 Å². The molecule has 0 saturated carbocycles. The Kier molecular flexibility index (Phi) is 7.60. The summed E-state index contributed by atoms with van der Waals surface area (Å²) in [4.78, 5) is 12.0. The Balaban J connectivity index is 1.64. The van der Waals surface area contributed by atoms with Crippen LogP contribution in [0.4, 0.5) is 0 Å². The Bertz CT molecular complexity index is 809. The monoisotopic (exact) mass is 418 g/mol. The van der Waals surface area contributed by atoms with E-state index in [0.717, 1.165) is 41.4 Å². The number of nitrogens with one attached hydrogen (secondary N) is 2. The van der Waals surface area contributed by atoms with Crippen LogP contribution in [0.25, 0.3) is 0 Å². The smallest absolute Gasteiger partial charge is 0.192 e. The summed E-state index contributed by atoms with van der Waals surface area (Å²) in [6, 6.07) is 0.566.